The topological polar surface area (TPSA) is 128 Å². The summed E-state index contributed by atoms with van der Waals surface area (Å²) in [5.41, 5.74) is 9.75. The normalized spacial score (nSPS) is 16.2. The zero-order valence-electron chi connectivity index (χ0n) is 18.6. The molecule has 3 heterocycles. The van der Waals surface area contributed by atoms with Crippen LogP contribution in [0.1, 0.15) is 44.6 Å². The van der Waals surface area contributed by atoms with Crippen LogP contribution in [0.4, 0.5) is 0 Å². The number of primary amides is 1. The molecule has 3 N–H and O–H groups in total. The van der Waals surface area contributed by atoms with Crippen LogP contribution < -0.4 is 10.5 Å². The van der Waals surface area contributed by atoms with Crippen molar-refractivity contribution < 1.29 is 28.6 Å². The average Bonchev–Trinajstić information content (AvgIpc) is 3.46. The number of hydrogen-bond acceptors (Lipinski definition) is 8. The first kappa shape index (κ1) is 23.2. The molecule has 1 unspecified atom stereocenters. The fourth-order valence-electron chi connectivity index (χ4n) is 4.26. The van der Waals surface area contributed by atoms with Crippen LogP contribution in [0.15, 0.2) is 22.1 Å². The SMILES string of the molecule is Cc1ncsc1COc1ccc2oc(C)c(C(N)=O)c2c1C1CCN(CCOCCO)C1=O. The highest BCUT2D eigenvalue weighted by atomic mass is 32.1. The average molecular weight is 474 g/mol. The standard InChI is InChI=1S/C23H27N3O6S/c1-13-18(33-12-25-13)11-31-16-3-4-17-21(19(22(24)28)14(2)32-17)20(16)15-5-6-26(23(15)29)7-9-30-10-8-27/h3-4,12,15,27H,5-11H2,1-2H3,(H2,24,28). The number of aryl methyl sites for hydroxylation is 2. The van der Waals surface area contributed by atoms with Crippen LogP contribution in [0.5, 0.6) is 5.75 Å². The molecule has 2 amide bonds. The van der Waals surface area contributed by atoms with Gasteiger partial charge in [0.2, 0.25) is 5.91 Å². The number of fused-ring (bicyclic) bond motifs is 1. The van der Waals surface area contributed by atoms with Gasteiger partial charge in [0.1, 0.15) is 23.7 Å². The Morgan fingerprint density at radius 1 is 1.36 bits per heavy atom. The van der Waals surface area contributed by atoms with Crippen molar-refractivity contribution in [1.29, 1.82) is 0 Å². The Bertz CT molecular complexity index is 1170. The summed E-state index contributed by atoms with van der Waals surface area (Å²) in [6.07, 6.45) is 0.566. The van der Waals surface area contributed by atoms with E-state index in [-0.39, 0.29) is 24.7 Å². The van der Waals surface area contributed by atoms with Gasteiger partial charge in [-0.1, -0.05) is 0 Å². The van der Waals surface area contributed by atoms with E-state index in [1.54, 1.807) is 29.5 Å². The molecule has 0 bridgehead atoms. The van der Waals surface area contributed by atoms with Crippen molar-refractivity contribution >= 4 is 34.1 Å². The lowest BCUT2D eigenvalue weighted by Gasteiger charge is -2.19. The highest BCUT2D eigenvalue weighted by molar-refractivity contribution is 7.09. The summed E-state index contributed by atoms with van der Waals surface area (Å²) in [4.78, 5) is 32.6. The fraction of sp³-hybridized carbons (Fsp3) is 0.435. The van der Waals surface area contributed by atoms with Crippen LogP contribution in [0.3, 0.4) is 0 Å². The van der Waals surface area contributed by atoms with Gasteiger partial charge in [0.25, 0.3) is 5.91 Å². The third-order valence-corrected chi connectivity index (χ3v) is 6.78. The molecule has 0 radical (unpaired) electrons. The third kappa shape index (κ3) is 4.59. The summed E-state index contributed by atoms with van der Waals surface area (Å²) in [6, 6.07) is 3.52. The van der Waals surface area contributed by atoms with E-state index < -0.39 is 11.8 Å². The van der Waals surface area contributed by atoms with Crippen LogP contribution in [0.25, 0.3) is 11.0 Å². The van der Waals surface area contributed by atoms with E-state index >= 15 is 0 Å². The second-order valence-electron chi connectivity index (χ2n) is 7.90. The molecule has 4 rings (SSSR count). The first-order valence-electron chi connectivity index (χ1n) is 10.8. The number of nitrogens with two attached hydrogens (primary N) is 1. The number of ether oxygens (including phenoxy) is 2. The predicted molar refractivity (Wildman–Crippen MR) is 122 cm³/mol. The molecule has 1 atom stereocenters. The lowest BCUT2D eigenvalue weighted by molar-refractivity contribution is -0.129. The molecule has 3 aromatic rings. The minimum Gasteiger partial charge on any atom is -0.488 e. The lowest BCUT2D eigenvalue weighted by atomic mass is 9.91. The van der Waals surface area contributed by atoms with E-state index in [1.165, 1.54) is 11.3 Å². The molecule has 1 aliphatic rings. The molecule has 9 nitrogen and oxygen atoms in total. The van der Waals surface area contributed by atoms with Crippen molar-refractivity contribution in [3.8, 4) is 5.75 Å². The van der Waals surface area contributed by atoms with E-state index in [1.807, 2.05) is 6.92 Å². The summed E-state index contributed by atoms with van der Waals surface area (Å²) >= 11 is 1.50. The number of hydrogen-bond donors (Lipinski definition) is 2. The van der Waals surface area contributed by atoms with Gasteiger partial charge in [0, 0.05) is 24.0 Å². The Balaban J connectivity index is 1.71. The second kappa shape index (κ2) is 9.90. The van der Waals surface area contributed by atoms with Crippen molar-refractivity contribution in [3.05, 3.63) is 45.1 Å². The summed E-state index contributed by atoms with van der Waals surface area (Å²) in [5, 5.41) is 9.41. The van der Waals surface area contributed by atoms with E-state index in [0.29, 0.717) is 60.8 Å². The molecule has 0 spiro atoms. The maximum absolute atomic E-state index is 13.4. The smallest absolute Gasteiger partial charge is 0.252 e. The van der Waals surface area contributed by atoms with Gasteiger partial charge >= 0.3 is 0 Å². The number of likely N-dealkylation sites (tertiary alicyclic amines) is 1. The maximum Gasteiger partial charge on any atom is 0.252 e. The van der Waals surface area contributed by atoms with Crippen LogP contribution in [-0.4, -0.2) is 59.7 Å². The summed E-state index contributed by atoms with van der Waals surface area (Å²) in [5.74, 6) is -0.241. The zero-order chi connectivity index (χ0) is 23.5. The Kier molecular flexibility index (Phi) is 6.96. The van der Waals surface area contributed by atoms with Gasteiger partial charge < -0.3 is 29.6 Å². The highest BCUT2D eigenvalue weighted by Crippen LogP contribution is 2.43. The highest BCUT2D eigenvalue weighted by Gasteiger charge is 2.37. The van der Waals surface area contributed by atoms with Crippen LogP contribution >= 0.6 is 11.3 Å². The molecule has 1 saturated heterocycles. The van der Waals surface area contributed by atoms with Crippen molar-refractivity contribution in [2.45, 2.75) is 32.8 Å². The molecular weight excluding hydrogens is 446 g/mol. The predicted octanol–water partition coefficient (Wildman–Crippen LogP) is 2.51. The Hall–Kier alpha value is -2.95. The molecule has 2 aromatic heterocycles. The van der Waals surface area contributed by atoms with Gasteiger partial charge in [-0.3, -0.25) is 9.59 Å². The molecule has 0 aliphatic carbocycles. The number of carbonyl (C=O) groups is 2. The Labute approximate surface area is 195 Å². The molecule has 10 heteroatoms. The molecule has 176 valence electrons. The van der Waals surface area contributed by atoms with Crippen LogP contribution in [0, 0.1) is 13.8 Å². The van der Waals surface area contributed by atoms with Gasteiger partial charge in [-0.2, -0.15) is 0 Å². The fourth-order valence-corrected chi connectivity index (χ4v) is 4.95. The quantitative estimate of drug-likeness (QED) is 0.433. The summed E-state index contributed by atoms with van der Waals surface area (Å²) in [6.45, 7) is 5.40. The molecule has 1 aromatic carbocycles. The number of rotatable bonds is 10. The minimum absolute atomic E-state index is 0.0613. The number of aliphatic hydroxyl groups is 1. The Morgan fingerprint density at radius 3 is 2.88 bits per heavy atom. The summed E-state index contributed by atoms with van der Waals surface area (Å²) < 4.78 is 17.3. The number of thiazole rings is 1. The van der Waals surface area contributed by atoms with E-state index in [9.17, 15) is 9.59 Å². The van der Waals surface area contributed by atoms with Gasteiger partial charge in [-0.25, -0.2) is 4.98 Å². The molecule has 1 fully saturated rings. The molecule has 0 saturated carbocycles. The largest absolute Gasteiger partial charge is 0.488 e. The monoisotopic (exact) mass is 473 g/mol. The van der Waals surface area contributed by atoms with Gasteiger partial charge in [-0.15, -0.1) is 11.3 Å². The minimum atomic E-state index is -0.609. The molecular formula is C23H27N3O6S. The number of aliphatic hydroxyl groups excluding tert-OH is 1. The Morgan fingerprint density at radius 2 is 2.18 bits per heavy atom. The summed E-state index contributed by atoms with van der Waals surface area (Å²) in [7, 11) is 0. The maximum atomic E-state index is 13.4. The number of carbonyl (C=O) groups excluding carboxylic acids is 2. The third-order valence-electron chi connectivity index (χ3n) is 5.87. The van der Waals surface area contributed by atoms with E-state index in [4.69, 9.17) is 24.7 Å². The van der Waals surface area contributed by atoms with Gasteiger partial charge in [0.05, 0.1) is 47.4 Å². The number of furan rings is 1. The number of nitrogens with zero attached hydrogens (tertiary/aromatic N) is 2. The van der Waals surface area contributed by atoms with Gasteiger partial charge in [-0.05, 0) is 32.4 Å². The van der Waals surface area contributed by atoms with Crippen LogP contribution in [0.2, 0.25) is 0 Å². The zero-order valence-corrected chi connectivity index (χ0v) is 19.4. The van der Waals surface area contributed by atoms with Crippen molar-refractivity contribution in [1.82, 2.24) is 9.88 Å². The number of benzene rings is 1. The van der Waals surface area contributed by atoms with Crippen molar-refractivity contribution in [2.24, 2.45) is 5.73 Å². The van der Waals surface area contributed by atoms with Gasteiger partial charge in [0.15, 0.2) is 0 Å². The van der Waals surface area contributed by atoms with E-state index in [2.05, 4.69) is 4.98 Å². The number of amides is 2. The van der Waals surface area contributed by atoms with Crippen LogP contribution in [-0.2, 0) is 16.1 Å². The lowest BCUT2D eigenvalue weighted by Crippen LogP contribution is -2.30. The van der Waals surface area contributed by atoms with E-state index in [0.717, 1.165) is 10.6 Å². The van der Waals surface area contributed by atoms with Crippen molar-refractivity contribution in [2.75, 3.05) is 32.9 Å². The first-order valence-corrected chi connectivity index (χ1v) is 11.6. The van der Waals surface area contributed by atoms with Crippen molar-refractivity contribution in [3.63, 3.8) is 0 Å². The first-order chi connectivity index (χ1) is 15.9. The molecule has 33 heavy (non-hydrogen) atoms. The number of aromatic nitrogens is 1. The second-order valence-corrected chi connectivity index (χ2v) is 8.84. The molecule has 1 aliphatic heterocycles.